The van der Waals surface area contributed by atoms with E-state index in [1.54, 1.807) is 34.8 Å². The van der Waals surface area contributed by atoms with Crippen LogP contribution in [0.4, 0.5) is 5.69 Å². The van der Waals surface area contributed by atoms with Gasteiger partial charge in [-0.2, -0.15) is 11.3 Å². The molecular formula is C17H16ClN3OS2. The highest BCUT2D eigenvalue weighted by Crippen LogP contribution is 2.26. The minimum absolute atomic E-state index is 0.0983. The first-order valence-corrected chi connectivity index (χ1v) is 9.52. The van der Waals surface area contributed by atoms with E-state index < -0.39 is 0 Å². The van der Waals surface area contributed by atoms with Crippen LogP contribution < -0.4 is 5.32 Å². The van der Waals surface area contributed by atoms with Crippen molar-refractivity contribution in [1.82, 2.24) is 9.88 Å². The van der Waals surface area contributed by atoms with Gasteiger partial charge in [-0.25, -0.2) is 4.98 Å². The molecule has 0 fully saturated rings. The Morgan fingerprint density at radius 1 is 1.29 bits per heavy atom. The predicted octanol–water partition coefficient (Wildman–Crippen LogP) is 4.60. The van der Waals surface area contributed by atoms with Crippen molar-refractivity contribution in [1.29, 1.82) is 0 Å². The van der Waals surface area contributed by atoms with E-state index in [0.717, 1.165) is 16.3 Å². The standard InChI is InChI=1S/C17H16ClN3OS2/c1-21(9-16(22)20-15-5-3-2-4-14(15)18)8-13-11-24-17(19-13)12-6-7-23-10-12/h2-7,10-11H,8-9H2,1H3,(H,20,22). The van der Waals surface area contributed by atoms with Gasteiger partial charge < -0.3 is 5.32 Å². The minimum atomic E-state index is -0.0983. The van der Waals surface area contributed by atoms with Gasteiger partial charge in [-0.05, 0) is 30.6 Å². The van der Waals surface area contributed by atoms with Crippen LogP contribution in [-0.2, 0) is 11.3 Å². The number of hydrogen-bond donors (Lipinski definition) is 1. The van der Waals surface area contributed by atoms with Crippen LogP contribution in [0.2, 0.25) is 5.02 Å². The number of halogens is 1. The predicted molar refractivity (Wildman–Crippen MR) is 102 cm³/mol. The molecule has 7 heteroatoms. The van der Waals surface area contributed by atoms with Crippen LogP contribution in [0.5, 0.6) is 0 Å². The van der Waals surface area contributed by atoms with Gasteiger partial charge in [-0.1, -0.05) is 23.7 Å². The normalized spacial score (nSPS) is 11.0. The fourth-order valence-corrected chi connectivity index (χ4v) is 3.93. The summed E-state index contributed by atoms with van der Waals surface area (Å²) in [7, 11) is 1.90. The van der Waals surface area contributed by atoms with E-state index >= 15 is 0 Å². The van der Waals surface area contributed by atoms with Crippen LogP contribution in [0.25, 0.3) is 10.6 Å². The number of rotatable bonds is 6. The summed E-state index contributed by atoms with van der Waals surface area (Å²) in [6.45, 7) is 0.896. The molecule has 0 unspecified atom stereocenters. The molecule has 0 aliphatic carbocycles. The van der Waals surface area contributed by atoms with Crippen LogP contribution in [0, 0.1) is 0 Å². The van der Waals surface area contributed by atoms with Crippen molar-refractivity contribution in [2.24, 2.45) is 0 Å². The van der Waals surface area contributed by atoms with Crippen molar-refractivity contribution >= 4 is 45.9 Å². The average Bonchev–Trinajstić information content (AvgIpc) is 3.20. The van der Waals surface area contributed by atoms with E-state index in [1.807, 2.05) is 34.8 Å². The number of aromatic nitrogens is 1. The lowest BCUT2D eigenvalue weighted by atomic mass is 10.3. The zero-order valence-corrected chi connectivity index (χ0v) is 15.4. The summed E-state index contributed by atoms with van der Waals surface area (Å²) in [6, 6.07) is 9.27. The second-order valence-electron chi connectivity index (χ2n) is 5.36. The fraction of sp³-hybridized carbons (Fsp3) is 0.176. The van der Waals surface area contributed by atoms with E-state index in [4.69, 9.17) is 11.6 Å². The van der Waals surface area contributed by atoms with Gasteiger partial charge in [0.1, 0.15) is 5.01 Å². The van der Waals surface area contributed by atoms with Gasteiger partial charge in [-0.15, -0.1) is 11.3 Å². The summed E-state index contributed by atoms with van der Waals surface area (Å²) in [5.74, 6) is -0.0983. The number of nitrogens with zero attached hydrogens (tertiary/aromatic N) is 2. The molecule has 0 saturated carbocycles. The number of hydrogen-bond acceptors (Lipinski definition) is 5. The third kappa shape index (κ3) is 4.42. The molecule has 0 saturated heterocycles. The molecular weight excluding hydrogens is 362 g/mol. The first kappa shape index (κ1) is 17.1. The number of para-hydroxylation sites is 1. The number of likely N-dealkylation sites (N-methyl/N-ethyl adjacent to an activating group) is 1. The molecule has 1 aromatic carbocycles. The number of thiazole rings is 1. The molecule has 0 radical (unpaired) electrons. The summed E-state index contributed by atoms with van der Waals surface area (Å²) >= 11 is 9.33. The van der Waals surface area contributed by atoms with E-state index in [-0.39, 0.29) is 12.5 Å². The first-order valence-electron chi connectivity index (χ1n) is 7.32. The molecule has 0 bridgehead atoms. The summed E-state index contributed by atoms with van der Waals surface area (Å²) in [5, 5.41) is 10.5. The summed E-state index contributed by atoms with van der Waals surface area (Å²) in [6.07, 6.45) is 0. The van der Waals surface area contributed by atoms with Crippen LogP contribution in [-0.4, -0.2) is 29.4 Å². The van der Waals surface area contributed by atoms with Crippen LogP contribution in [0.3, 0.4) is 0 Å². The lowest BCUT2D eigenvalue weighted by Gasteiger charge is -2.15. The monoisotopic (exact) mass is 377 g/mol. The molecule has 3 rings (SSSR count). The maximum atomic E-state index is 12.1. The molecule has 0 spiro atoms. The zero-order chi connectivity index (χ0) is 16.9. The smallest absolute Gasteiger partial charge is 0.238 e. The number of thiophene rings is 1. The summed E-state index contributed by atoms with van der Waals surface area (Å²) in [5.41, 5.74) is 2.75. The van der Waals surface area contributed by atoms with Crippen molar-refractivity contribution in [3.8, 4) is 10.6 Å². The minimum Gasteiger partial charge on any atom is -0.324 e. The van der Waals surface area contributed by atoms with E-state index in [1.165, 1.54) is 0 Å². The Labute approximate surface area is 153 Å². The molecule has 0 aliphatic heterocycles. The Kier molecular flexibility index (Phi) is 5.63. The number of carbonyl (C=O) groups is 1. The number of benzene rings is 1. The number of anilines is 1. The highest BCUT2D eigenvalue weighted by Gasteiger charge is 2.11. The topological polar surface area (TPSA) is 45.2 Å². The molecule has 0 aliphatic rings. The van der Waals surface area contributed by atoms with E-state index in [2.05, 4.69) is 21.7 Å². The molecule has 3 aromatic rings. The Morgan fingerprint density at radius 2 is 2.12 bits per heavy atom. The second kappa shape index (κ2) is 7.90. The second-order valence-corrected chi connectivity index (χ2v) is 7.40. The van der Waals surface area contributed by atoms with E-state index in [0.29, 0.717) is 17.3 Å². The van der Waals surface area contributed by atoms with Gasteiger partial charge in [0, 0.05) is 22.9 Å². The van der Waals surface area contributed by atoms with Crippen LogP contribution in [0.15, 0.2) is 46.5 Å². The Balaban J connectivity index is 1.55. The van der Waals surface area contributed by atoms with Crippen LogP contribution in [0.1, 0.15) is 5.69 Å². The number of nitrogens with one attached hydrogen (secondary N) is 1. The summed E-state index contributed by atoms with van der Waals surface area (Å²) < 4.78 is 0. The Bertz CT molecular complexity index is 817. The first-order chi connectivity index (χ1) is 11.6. The SMILES string of the molecule is CN(CC(=O)Nc1ccccc1Cl)Cc1csc(-c2ccsc2)n1. The van der Waals surface area contributed by atoms with Crippen molar-refractivity contribution in [3.05, 3.63) is 57.2 Å². The third-order valence-electron chi connectivity index (χ3n) is 3.31. The van der Waals surface area contributed by atoms with Gasteiger partial charge in [0.15, 0.2) is 0 Å². The molecule has 4 nitrogen and oxygen atoms in total. The number of amides is 1. The third-order valence-corrected chi connectivity index (χ3v) is 5.27. The van der Waals surface area contributed by atoms with Gasteiger partial charge in [-0.3, -0.25) is 9.69 Å². The average molecular weight is 378 g/mol. The number of carbonyl (C=O) groups excluding carboxylic acids is 1. The maximum Gasteiger partial charge on any atom is 0.238 e. The molecule has 24 heavy (non-hydrogen) atoms. The van der Waals surface area contributed by atoms with Crippen molar-refractivity contribution < 1.29 is 4.79 Å². The van der Waals surface area contributed by atoms with Gasteiger partial charge >= 0.3 is 0 Å². The van der Waals surface area contributed by atoms with Crippen molar-refractivity contribution in [2.75, 3.05) is 18.9 Å². The Hall–Kier alpha value is -1.73. The zero-order valence-electron chi connectivity index (χ0n) is 13.0. The molecule has 2 aromatic heterocycles. The van der Waals surface area contributed by atoms with Gasteiger partial charge in [0.05, 0.1) is 22.9 Å². The van der Waals surface area contributed by atoms with Crippen LogP contribution >= 0.6 is 34.3 Å². The van der Waals surface area contributed by atoms with Crippen molar-refractivity contribution in [2.45, 2.75) is 6.54 Å². The largest absolute Gasteiger partial charge is 0.324 e. The highest BCUT2D eigenvalue weighted by atomic mass is 35.5. The van der Waals surface area contributed by atoms with Gasteiger partial charge in [0.25, 0.3) is 0 Å². The quantitative estimate of drug-likeness (QED) is 0.683. The lowest BCUT2D eigenvalue weighted by molar-refractivity contribution is -0.117. The Morgan fingerprint density at radius 3 is 2.88 bits per heavy atom. The maximum absolute atomic E-state index is 12.1. The lowest BCUT2D eigenvalue weighted by Crippen LogP contribution is -2.30. The molecule has 0 atom stereocenters. The highest BCUT2D eigenvalue weighted by molar-refractivity contribution is 7.14. The molecule has 2 heterocycles. The van der Waals surface area contributed by atoms with Crippen molar-refractivity contribution in [3.63, 3.8) is 0 Å². The van der Waals surface area contributed by atoms with E-state index in [9.17, 15) is 4.79 Å². The molecule has 124 valence electrons. The van der Waals surface area contributed by atoms with Gasteiger partial charge in [0.2, 0.25) is 5.91 Å². The molecule has 1 amide bonds. The molecule has 1 N–H and O–H groups in total. The fourth-order valence-electron chi connectivity index (χ4n) is 2.23. The summed E-state index contributed by atoms with van der Waals surface area (Å²) in [4.78, 5) is 18.7.